The predicted molar refractivity (Wildman–Crippen MR) is 106 cm³/mol. The average molecular weight is 364 g/mol. The molecule has 0 saturated heterocycles. The van der Waals surface area contributed by atoms with Gasteiger partial charge in [-0.15, -0.1) is 0 Å². The molecule has 0 radical (unpaired) electrons. The van der Waals surface area contributed by atoms with Crippen molar-refractivity contribution in [2.75, 3.05) is 6.61 Å². The summed E-state index contributed by atoms with van der Waals surface area (Å²) in [5, 5.41) is 3.77. The normalized spacial score (nSPS) is 11.4. The Kier molecular flexibility index (Phi) is 5.31. The van der Waals surface area contributed by atoms with Gasteiger partial charge in [0, 0.05) is 28.2 Å². The highest BCUT2D eigenvalue weighted by molar-refractivity contribution is 6.09. The highest BCUT2D eigenvalue weighted by atomic mass is 16.5. The Morgan fingerprint density at radius 3 is 2.37 bits per heavy atom. The van der Waals surface area contributed by atoms with Crippen LogP contribution < -0.4 is 10.1 Å². The van der Waals surface area contributed by atoms with Crippen molar-refractivity contribution >= 4 is 22.6 Å². The first kappa shape index (κ1) is 18.7. The van der Waals surface area contributed by atoms with Crippen molar-refractivity contribution in [1.29, 1.82) is 0 Å². The van der Waals surface area contributed by atoms with E-state index >= 15 is 0 Å². The fraction of sp³-hybridized carbons (Fsp3) is 0.273. The molecule has 1 aromatic heterocycles. The highest BCUT2D eigenvalue weighted by Gasteiger charge is 2.19. The lowest BCUT2D eigenvalue weighted by atomic mass is 10.1. The van der Waals surface area contributed by atoms with Crippen LogP contribution in [-0.4, -0.2) is 28.4 Å². The Hall–Kier alpha value is -3.08. The van der Waals surface area contributed by atoms with Crippen molar-refractivity contribution in [3.63, 3.8) is 0 Å². The summed E-state index contributed by atoms with van der Waals surface area (Å²) in [6.07, 6.45) is 1.74. The molecule has 0 aliphatic carbocycles. The van der Waals surface area contributed by atoms with Crippen LogP contribution in [0.1, 0.15) is 31.1 Å². The van der Waals surface area contributed by atoms with Gasteiger partial charge in [0.25, 0.3) is 0 Å². The van der Waals surface area contributed by atoms with E-state index in [-0.39, 0.29) is 30.4 Å². The van der Waals surface area contributed by atoms with Crippen molar-refractivity contribution in [2.45, 2.75) is 32.9 Å². The molecule has 1 heterocycles. The summed E-state index contributed by atoms with van der Waals surface area (Å²) >= 11 is 0. The van der Waals surface area contributed by atoms with Gasteiger partial charge < -0.3 is 14.6 Å². The summed E-state index contributed by atoms with van der Waals surface area (Å²) in [5.41, 5.74) is 1.11. The van der Waals surface area contributed by atoms with Crippen LogP contribution in [0.3, 0.4) is 0 Å². The van der Waals surface area contributed by atoms with E-state index in [0.717, 1.165) is 10.9 Å². The zero-order chi connectivity index (χ0) is 19.4. The molecule has 0 atom stereocenters. The second-order valence-electron chi connectivity index (χ2n) is 7.51. The van der Waals surface area contributed by atoms with Gasteiger partial charge in [0.15, 0.2) is 6.61 Å². The SMILES string of the molecule is CC(C)(C)NC(=O)Cn1cc(C(=O)COc2ccccc2)c2ccccc21. The Balaban J connectivity index is 1.81. The number of rotatable bonds is 6. The lowest BCUT2D eigenvalue weighted by Crippen LogP contribution is -2.42. The quantitative estimate of drug-likeness (QED) is 0.677. The maximum atomic E-state index is 12.7. The van der Waals surface area contributed by atoms with Gasteiger partial charge in [-0.3, -0.25) is 9.59 Å². The molecule has 2 aromatic carbocycles. The van der Waals surface area contributed by atoms with Crippen molar-refractivity contribution in [3.8, 4) is 5.75 Å². The van der Waals surface area contributed by atoms with E-state index in [9.17, 15) is 9.59 Å². The van der Waals surface area contributed by atoms with Crippen LogP contribution in [0.5, 0.6) is 5.75 Å². The Morgan fingerprint density at radius 1 is 1.00 bits per heavy atom. The second-order valence-corrected chi connectivity index (χ2v) is 7.51. The van der Waals surface area contributed by atoms with E-state index < -0.39 is 0 Å². The lowest BCUT2D eigenvalue weighted by molar-refractivity contribution is -0.123. The van der Waals surface area contributed by atoms with Crippen LogP contribution in [-0.2, 0) is 11.3 Å². The van der Waals surface area contributed by atoms with E-state index in [4.69, 9.17) is 4.74 Å². The number of hydrogen-bond acceptors (Lipinski definition) is 3. The standard InChI is InChI=1S/C22H24N2O3/c1-22(2,3)23-21(26)14-24-13-18(17-11-7-8-12-19(17)24)20(25)15-27-16-9-5-4-6-10-16/h4-13H,14-15H2,1-3H3,(H,23,26). The van der Waals surface area contributed by atoms with Crippen molar-refractivity contribution in [1.82, 2.24) is 9.88 Å². The summed E-state index contributed by atoms with van der Waals surface area (Å²) in [7, 11) is 0. The molecule has 140 valence electrons. The molecule has 5 nitrogen and oxygen atoms in total. The average Bonchev–Trinajstić information content (AvgIpc) is 2.98. The van der Waals surface area contributed by atoms with Gasteiger partial charge in [-0.2, -0.15) is 0 Å². The first-order valence-electron chi connectivity index (χ1n) is 8.93. The first-order valence-corrected chi connectivity index (χ1v) is 8.93. The minimum absolute atomic E-state index is 0.0494. The number of para-hydroxylation sites is 2. The number of nitrogens with zero attached hydrogens (tertiary/aromatic N) is 1. The number of nitrogens with one attached hydrogen (secondary N) is 1. The number of amides is 1. The Morgan fingerprint density at radius 2 is 1.67 bits per heavy atom. The summed E-state index contributed by atoms with van der Waals surface area (Å²) in [4.78, 5) is 25.0. The number of carbonyl (C=O) groups excluding carboxylic acids is 2. The second kappa shape index (κ2) is 7.66. The predicted octanol–water partition coefficient (Wildman–Crippen LogP) is 3.82. The number of carbonyl (C=O) groups is 2. The molecule has 0 unspecified atom stereocenters. The van der Waals surface area contributed by atoms with Gasteiger partial charge in [0.05, 0.1) is 0 Å². The van der Waals surface area contributed by atoms with Crippen molar-refractivity contribution in [2.24, 2.45) is 0 Å². The molecule has 1 amide bonds. The molecule has 27 heavy (non-hydrogen) atoms. The van der Waals surface area contributed by atoms with Gasteiger partial charge in [0.2, 0.25) is 11.7 Å². The zero-order valence-electron chi connectivity index (χ0n) is 15.9. The van der Waals surface area contributed by atoms with E-state index in [1.807, 2.05) is 79.9 Å². The fourth-order valence-electron chi connectivity index (χ4n) is 2.96. The van der Waals surface area contributed by atoms with Gasteiger partial charge in [-0.05, 0) is 39.0 Å². The Bertz CT molecular complexity index is 953. The largest absolute Gasteiger partial charge is 0.485 e. The van der Waals surface area contributed by atoms with Crippen LogP contribution in [0, 0.1) is 0 Å². The molecule has 0 aliphatic heterocycles. The molecular formula is C22H24N2O3. The molecule has 0 saturated carbocycles. The minimum atomic E-state index is -0.303. The molecule has 1 N–H and O–H groups in total. The van der Waals surface area contributed by atoms with Crippen molar-refractivity contribution < 1.29 is 14.3 Å². The van der Waals surface area contributed by atoms with E-state index in [0.29, 0.717) is 11.3 Å². The number of benzene rings is 2. The van der Waals surface area contributed by atoms with Gasteiger partial charge in [-0.1, -0.05) is 36.4 Å². The van der Waals surface area contributed by atoms with E-state index in [2.05, 4.69) is 5.32 Å². The molecule has 0 spiro atoms. The van der Waals surface area contributed by atoms with Gasteiger partial charge >= 0.3 is 0 Å². The Labute approximate surface area is 158 Å². The molecular weight excluding hydrogens is 340 g/mol. The maximum absolute atomic E-state index is 12.7. The number of Topliss-reactive ketones (excluding diaryl/α,β-unsaturated/α-hetero) is 1. The van der Waals surface area contributed by atoms with E-state index in [1.54, 1.807) is 6.20 Å². The summed E-state index contributed by atoms with van der Waals surface area (Å²) in [5.74, 6) is 0.437. The maximum Gasteiger partial charge on any atom is 0.240 e. The third-order valence-corrected chi connectivity index (χ3v) is 4.03. The smallest absolute Gasteiger partial charge is 0.240 e. The van der Waals surface area contributed by atoms with Gasteiger partial charge in [-0.25, -0.2) is 0 Å². The van der Waals surface area contributed by atoms with Gasteiger partial charge in [0.1, 0.15) is 12.3 Å². The molecule has 3 rings (SSSR count). The van der Waals surface area contributed by atoms with Crippen molar-refractivity contribution in [3.05, 3.63) is 66.4 Å². The molecule has 0 fully saturated rings. The van der Waals surface area contributed by atoms with Crippen LogP contribution in [0.25, 0.3) is 10.9 Å². The monoisotopic (exact) mass is 364 g/mol. The molecule has 5 heteroatoms. The molecule has 0 aliphatic rings. The summed E-state index contributed by atoms with van der Waals surface area (Å²) in [6, 6.07) is 16.8. The molecule has 0 bridgehead atoms. The van der Waals surface area contributed by atoms with Crippen LogP contribution in [0.4, 0.5) is 0 Å². The van der Waals surface area contributed by atoms with Crippen LogP contribution >= 0.6 is 0 Å². The number of ketones is 1. The summed E-state index contributed by atoms with van der Waals surface area (Å²) < 4.78 is 7.40. The van der Waals surface area contributed by atoms with Crippen LogP contribution in [0.2, 0.25) is 0 Å². The number of ether oxygens (including phenoxy) is 1. The molecule has 3 aromatic rings. The topological polar surface area (TPSA) is 60.3 Å². The number of hydrogen-bond donors (Lipinski definition) is 1. The fourth-order valence-corrected chi connectivity index (χ4v) is 2.96. The third-order valence-electron chi connectivity index (χ3n) is 4.03. The minimum Gasteiger partial charge on any atom is -0.485 e. The number of fused-ring (bicyclic) bond motifs is 1. The highest BCUT2D eigenvalue weighted by Crippen LogP contribution is 2.22. The number of aromatic nitrogens is 1. The van der Waals surface area contributed by atoms with Crippen LogP contribution in [0.15, 0.2) is 60.8 Å². The summed E-state index contributed by atoms with van der Waals surface area (Å²) in [6.45, 7) is 5.93. The first-order chi connectivity index (χ1) is 12.8. The third kappa shape index (κ3) is 4.76. The zero-order valence-corrected chi connectivity index (χ0v) is 15.9. The lowest BCUT2D eigenvalue weighted by Gasteiger charge is -2.20. The van der Waals surface area contributed by atoms with E-state index in [1.165, 1.54) is 0 Å².